The van der Waals surface area contributed by atoms with Crippen LogP contribution in [0.2, 0.25) is 5.02 Å². The SMILES string of the molecule is C[C@H]1CCCC[C@@H]2CC[C@H]2CN2C[C@@]3(CCCc4cc(Cl)ccc43)COc3ccc(cc32)C(=O)/N=[SH](=O)\C1. The number of ether oxygens (including phenoxy) is 1. The number of thiol groups is 1. The number of hydrogen-bond donors (Lipinski definition) is 1. The monoisotopic (exact) mass is 554 g/mol. The van der Waals surface area contributed by atoms with E-state index in [2.05, 4.69) is 28.3 Å². The zero-order chi connectivity index (χ0) is 26.3. The highest BCUT2D eigenvalue weighted by atomic mass is 35.5. The van der Waals surface area contributed by atoms with Crippen molar-refractivity contribution >= 4 is 33.8 Å². The molecule has 1 fully saturated rings. The van der Waals surface area contributed by atoms with Gasteiger partial charge in [0.25, 0.3) is 5.91 Å². The van der Waals surface area contributed by atoms with Gasteiger partial charge in [-0.3, -0.25) is 9.00 Å². The van der Waals surface area contributed by atoms with Gasteiger partial charge in [-0.25, -0.2) is 0 Å². The highest BCUT2D eigenvalue weighted by Gasteiger charge is 2.43. The van der Waals surface area contributed by atoms with Gasteiger partial charge in [0.1, 0.15) is 5.75 Å². The van der Waals surface area contributed by atoms with Crippen LogP contribution in [0.3, 0.4) is 0 Å². The summed E-state index contributed by atoms with van der Waals surface area (Å²) in [6, 6.07) is 12.0. The largest absolute Gasteiger partial charge is 0.490 e. The van der Waals surface area contributed by atoms with Crippen LogP contribution in [-0.2, 0) is 22.4 Å². The molecule has 0 N–H and O–H groups in total. The fourth-order valence-electron chi connectivity index (χ4n) is 7.25. The van der Waals surface area contributed by atoms with E-state index in [0.717, 1.165) is 67.6 Å². The Hall–Kier alpha value is -2.05. The lowest BCUT2D eigenvalue weighted by molar-refractivity contribution is 0.100. The number of fused-ring (bicyclic) bond motifs is 4. The van der Waals surface area contributed by atoms with Gasteiger partial charge < -0.3 is 9.64 Å². The number of hydrogen-bond acceptors (Lipinski definition) is 4. The summed E-state index contributed by atoms with van der Waals surface area (Å²) in [5.41, 5.74) is 4.05. The van der Waals surface area contributed by atoms with Gasteiger partial charge in [-0.05, 0) is 97.7 Å². The molecule has 204 valence electrons. The van der Waals surface area contributed by atoms with Crippen molar-refractivity contribution in [2.45, 2.75) is 70.1 Å². The number of benzene rings is 2. The summed E-state index contributed by atoms with van der Waals surface area (Å²) in [5.74, 6) is 2.67. The zero-order valence-electron chi connectivity index (χ0n) is 22.3. The van der Waals surface area contributed by atoms with Gasteiger partial charge in [-0.15, -0.1) is 0 Å². The number of carbonyl (C=O) groups is 1. The normalized spacial score (nSPS) is 32.2. The minimum absolute atomic E-state index is 0.120. The lowest BCUT2D eigenvalue weighted by Crippen LogP contribution is -2.48. The fourth-order valence-corrected chi connectivity index (χ4v) is 8.56. The molecule has 1 unspecified atom stereocenters. The molecule has 7 heteroatoms. The average Bonchev–Trinajstić information content (AvgIpc) is 3.02. The number of amides is 1. The second-order valence-electron chi connectivity index (χ2n) is 12.2. The highest BCUT2D eigenvalue weighted by Crippen LogP contribution is 2.47. The van der Waals surface area contributed by atoms with Gasteiger partial charge in [0.15, 0.2) is 0 Å². The molecule has 2 aromatic rings. The van der Waals surface area contributed by atoms with E-state index >= 15 is 0 Å². The molecule has 2 aliphatic heterocycles. The summed E-state index contributed by atoms with van der Waals surface area (Å²) in [6.45, 7) is 4.58. The number of halogens is 1. The molecule has 5 atom stereocenters. The van der Waals surface area contributed by atoms with E-state index < -0.39 is 10.6 Å². The molecule has 2 aromatic carbocycles. The van der Waals surface area contributed by atoms with Crippen molar-refractivity contribution in [3.8, 4) is 5.75 Å². The Morgan fingerprint density at radius 1 is 1.05 bits per heavy atom. The average molecular weight is 555 g/mol. The molecule has 6 rings (SSSR count). The van der Waals surface area contributed by atoms with Gasteiger partial charge in [0, 0.05) is 45.4 Å². The van der Waals surface area contributed by atoms with E-state index in [1.807, 2.05) is 18.2 Å². The van der Waals surface area contributed by atoms with Crippen molar-refractivity contribution in [2.75, 3.05) is 30.3 Å². The molecule has 2 bridgehead atoms. The first-order valence-corrected chi connectivity index (χ1v) is 16.2. The first kappa shape index (κ1) is 26.2. The summed E-state index contributed by atoms with van der Waals surface area (Å²) in [4.78, 5) is 15.6. The standard InChI is InChI=1S/C31H39ClN2O3S/c1-21-5-2-3-6-22-8-9-25(22)17-34-19-31(14-4-7-23-15-26(32)11-12-27(23)31)20-37-29-13-10-24(16-28(29)34)30(35)33-38(36)18-21/h10-13,15-16,21-22,25,38H,2-9,14,17-20H2,1H3/t21-,22+,25-,31-/m0/s1. The van der Waals surface area contributed by atoms with Crippen LogP contribution in [0, 0.1) is 17.8 Å². The Kier molecular flexibility index (Phi) is 7.47. The van der Waals surface area contributed by atoms with E-state index in [9.17, 15) is 9.00 Å². The molecular weight excluding hydrogens is 516 g/mol. The molecule has 1 amide bonds. The quantitative estimate of drug-likeness (QED) is 0.362. The van der Waals surface area contributed by atoms with Crippen LogP contribution >= 0.6 is 11.6 Å². The molecule has 2 aliphatic carbocycles. The lowest BCUT2D eigenvalue weighted by Gasteiger charge is -2.44. The minimum atomic E-state index is -1.90. The second-order valence-corrected chi connectivity index (χ2v) is 13.9. The zero-order valence-corrected chi connectivity index (χ0v) is 24.0. The van der Waals surface area contributed by atoms with Gasteiger partial charge in [0.05, 0.1) is 12.3 Å². The summed E-state index contributed by atoms with van der Waals surface area (Å²) < 4.78 is 23.4. The molecule has 4 aliphatic rings. The summed E-state index contributed by atoms with van der Waals surface area (Å²) in [7, 11) is -1.90. The number of carbonyl (C=O) groups excluding carboxylic acids is 1. The number of anilines is 1. The summed E-state index contributed by atoms with van der Waals surface area (Å²) in [6.07, 6.45) is 10.5. The van der Waals surface area contributed by atoms with Crippen molar-refractivity contribution in [1.29, 1.82) is 0 Å². The smallest absolute Gasteiger partial charge is 0.284 e. The van der Waals surface area contributed by atoms with Crippen LogP contribution in [0.25, 0.3) is 0 Å². The van der Waals surface area contributed by atoms with Gasteiger partial charge in [-0.1, -0.05) is 43.9 Å². The molecule has 38 heavy (non-hydrogen) atoms. The van der Waals surface area contributed by atoms with Crippen LogP contribution in [0.15, 0.2) is 40.8 Å². The molecule has 1 saturated carbocycles. The third-order valence-electron chi connectivity index (χ3n) is 9.51. The van der Waals surface area contributed by atoms with Crippen molar-refractivity contribution in [3.63, 3.8) is 0 Å². The third kappa shape index (κ3) is 5.23. The Morgan fingerprint density at radius 2 is 1.89 bits per heavy atom. The number of nitrogens with zero attached hydrogens (tertiary/aromatic N) is 2. The predicted molar refractivity (Wildman–Crippen MR) is 155 cm³/mol. The first-order valence-electron chi connectivity index (χ1n) is 14.4. The Balaban J connectivity index is 1.40. The summed E-state index contributed by atoms with van der Waals surface area (Å²) >= 11 is 6.39. The maximum Gasteiger partial charge on any atom is 0.284 e. The Labute approximate surface area is 233 Å². The topological polar surface area (TPSA) is 59.0 Å². The molecular formula is C31H39ClN2O3S. The van der Waals surface area contributed by atoms with Crippen LogP contribution in [0.1, 0.15) is 79.8 Å². The highest BCUT2D eigenvalue weighted by molar-refractivity contribution is 7.75. The van der Waals surface area contributed by atoms with E-state index in [1.165, 1.54) is 36.8 Å². The molecule has 0 aromatic heterocycles. The predicted octanol–water partition coefficient (Wildman–Crippen LogP) is 6.85. The van der Waals surface area contributed by atoms with Gasteiger partial charge in [-0.2, -0.15) is 4.36 Å². The lowest BCUT2D eigenvalue weighted by atomic mass is 9.68. The maximum atomic E-state index is 13.1. The maximum absolute atomic E-state index is 13.1. The first-order chi connectivity index (χ1) is 18.4. The van der Waals surface area contributed by atoms with Crippen molar-refractivity contribution in [1.82, 2.24) is 0 Å². The Morgan fingerprint density at radius 3 is 2.74 bits per heavy atom. The fraction of sp³-hybridized carbons (Fsp3) is 0.581. The Bertz CT molecular complexity index is 1310. The van der Waals surface area contributed by atoms with Crippen molar-refractivity contribution in [3.05, 3.63) is 58.1 Å². The van der Waals surface area contributed by atoms with Gasteiger partial charge >= 0.3 is 0 Å². The van der Waals surface area contributed by atoms with Crippen LogP contribution in [0.4, 0.5) is 5.69 Å². The van der Waals surface area contributed by atoms with E-state index in [1.54, 1.807) is 6.07 Å². The van der Waals surface area contributed by atoms with E-state index in [0.29, 0.717) is 29.8 Å². The van der Waals surface area contributed by atoms with Crippen molar-refractivity contribution < 1.29 is 13.7 Å². The van der Waals surface area contributed by atoms with E-state index in [4.69, 9.17) is 16.3 Å². The number of rotatable bonds is 0. The third-order valence-corrected chi connectivity index (χ3v) is 11.1. The van der Waals surface area contributed by atoms with E-state index in [-0.39, 0.29) is 11.3 Å². The molecule has 5 nitrogen and oxygen atoms in total. The van der Waals surface area contributed by atoms with Crippen LogP contribution in [-0.4, -0.2) is 35.6 Å². The molecule has 1 spiro atoms. The van der Waals surface area contributed by atoms with Crippen LogP contribution in [0.5, 0.6) is 5.75 Å². The molecule has 0 saturated heterocycles. The minimum Gasteiger partial charge on any atom is -0.490 e. The van der Waals surface area contributed by atoms with Gasteiger partial charge in [0.2, 0.25) is 0 Å². The second kappa shape index (κ2) is 10.8. The van der Waals surface area contributed by atoms with Crippen molar-refractivity contribution in [2.24, 2.45) is 22.1 Å². The molecule has 0 radical (unpaired) electrons. The number of aryl methyl sites for hydroxylation is 1. The molecule has 2 heterocycles. The summed E-state index contributed by atoms with van der Waals surface area (Å²) in [5, 5.41) is 0.792. The van der Waals surface area contributed by atoms with Crippen LogP contribution < -0.4 is 9.64 Å².